The molecule has 1 aliphatic rings. The molecular formula is C30H25N5O2S. The Morgan fingerprint density at radius 3 is 2.37 bits per heavy atom. The van der Waals surface area contributed by atoms with Crippen molar-refractivity contribution in [2.24, 2.45) is 0 Å². The minimum Gasteiger partial charge on any atom is -0.493 e. The lowest BCUT2D eigenvalue weighted by molar-refractivity contribution is 0.0342. The molecular weight excluding hydrogens is 494 g/mol. The fraction of sp³-hybridized carbons (Fsp3) is 0.167. The molecule has 3 aromatic heterocycles. The molecule has 2 N–H and O–H groups in total. The number of hydrogen-bond acceptors (Lipinski definition) is 6. The molecule has 38 heavy (non-hydrogen) atoms. The Bertz CT molecular complexity index is 1710. The predicted molar refractivity (Wildman–Crippen MR) is 150 cm³/mol. The first-order chi connectivity index (χ1) is 18.6. The van der Waals surface area contributed by atoms with Crippen molar-refractivity contribution in [3.63, 3.8) is 0 Å². The molecule has 0 unspecified atom stereocenters. The smallest absolute Gasteiger partial charge is 0.214 e. The third-order valence-corrected chi connectivity index (χ3v) is 6.88. The lowest BCUT2D eigenvalue weighted by Gasteiger charge is -2.26. The summed E-state index contributed by atoms with van der Waals surface area (Å²) in [6.07, 6.45) is 4.90. The van der Waals surface area contributed by atoms with Crippen LogP contribution < -0.4 is 0 Å². The topological polar surface area (TPSA) is 79.2 Å². The SMILES string of the molecule is Oc1c[nH]c(=S)n1-c1cc(-c2ccc(C#Cc3ccc(CN4CCOCC4)cc3)cc2)nc2ccncc12. The fourth-order valence-electron chi connectivity index (χ4n) is 4.56. The van der Waals surface area contributed by atoms with Gasteiger partial charge in [-0.15, -0.1) is 0 Å². The number of morpholine rings is 1. The molecule has 2 aromatic carbocycles. The number of fused-ring (bicyclic) bond motifs is 1. The molecule has 0 amide bonds. The summed E-state index contributed by atoms with van der Waals surface area (Å²) in [6.45, 7) is 4.52. The van der Waals surface area contributed by atoms with Crippen LogP contribution in [-0.4, -0.2) is 55.8 Å². The molecule has 0 spiro atoms. The van der Waals surface area contributed by atoms with Gasteiger partial charge < -0.3 is 14.8 Å². The molecule has 4 heterocycles. The molecule has 1 saturated heterocycles. The van der Waals surface area contributed by atoms with Crippen LogP contribution in [0.2, 0.25) is 0 Å². The molecule has 0 bridgehead atoms. The Morgan fingerprint density at radius 2 is 1.68 bits per heavy atom. The van der Waals surface area contributed by atoms with Gasteiger partial charge in [-0.25, -0.2) is 4.98 Å². The van der Waals surface area contributed by atoms with E-state index in [4.69, 9.17) is 21.9 Å². The van der Waals surface area contributed by atoms with Gasteiger partial charge in [-0.1, -0.05) is 36.1 Å². The first-order valence-corrected chi connectivity index (χ1v) is 12.8. The van der Waals surface area contributed by atoms with E-state index >= 15 is 0 Å². The van der Waals surface area contributed by atoms with E-state index in [1.54, 1.807) is 17.0 Å². The second-order valence-electron chi connectivity index (χ2n) is 9.12. The number of H-pyrrole nitrogens is 1. The summed E-state index contributed by atoms with van der Waals surface area (Å²) in [5.74, 6) is 6.55. The van der Waals surface area contributed by atoms with Crippen LogP contribution in [0.5, 0.6) is 5.88 Å². The Labute approximate surface area is 225 Å². The average Bonchev–Trinajstić information content (AvgIpc) is 3.30. The van der Waals surface area contributed by atoms with Gasteiger partial charge in [0.2, 0.25) is 5.88 Å². The highest BCUT2D eigenvalue weighted by Gasteiger charge is 2.13. The summed E-state index contributed by atoms with van der Waals surface area (Å²) in [6, 6.07) is 20.2. The molecule has 8 heteroatoms. The zero-order valence-corrected chi connectivity index (χ0v) is 21.4. The highest BCUT2D eigenvalue weighted by molar-refractivity contribution is 7.71. The van der Waals surface area contributed by atoms with Gasteiger partial charge >= 0.3 is 0 Å². The van der Waals surface area contributed by atoms with Gasteiger partial charge in [0.1, 0.15) is 0 Å². The van der Waals surface area contributed by atoms with Crippen LogP contribution in [-0.2, 0) is 11.3 Å². The Morgan fingerprint density at radius 1 is 0.974 bits per heavy atom. The monoisotopic (exact) mass is 519 g/mol. The van der Waals surface area contributed by atoms with Gasteiger partial charge in [-0.05, 0) is 54.2 Å². The second kappa shape index (κ2) is 10.6. The molecule has 0 saturated carbocycles. The van der Waals surface area contributed by atoms with Crippen LogP contribution in [0.15, 0.2) is 79.3 Å². The van der Waals surface area contributed by atoms with Crippen molar-refractivity contribution in [3.8, 4) is 34.7 Å². The molecule has 7 nitrogen and oxygen atoms in total. The van der Waals surface area contributed by atoms with Crippen molar-refractivity contribution in [2.75, 3.05) is 26.3 Å². The number of nitrogens with zero attached hydrogens (tertiary/aromatic N) is 4. The van der Waals surface area contributed by atoms with Crippen molar-refractivity contribution in [2.45, 2.75) is 6.54 Å². The van der Waals surface area contributed by atoms with Crippen molar-refractivity contribution >= 4 is 23.1 Å². The van der Waals surface area contributed by atoms with E-state index < -0.39 is 0 Å². The van der Waals surface area contributed by atoms with Crippen LogP contribution in [0.25, 0.3) is 27.8 Å². The lowest BCUT2D eigenvalue weighted by Crippen LogP contribution is -2.35. The highest BCUT2D eigenvalue weighted by atomic mass is 32.1. The van der Waals surface area contributed by atoms with Crippen LogP contribution in [0.4, 0.5) is 0 Å². The van der Waals surface area contributed by atoms with Gasteiger partial charge in [-0.3, -0.25) is 14.5 Å². The first-order valence-electron chi connectivity index (χ1n) is 12.4. The number of nitrogens with one attached hydrogen (secondary N) is 1. The lowest BCUT2D eigenvalue weighted by atomic mass is 10.1. The maximum atomic E-state index is 10.4. The molecule has 1 aliphatic heterocycles. The van der Waals surface area contributed by atoms with E-state index in [0.29, 0.717) is 10.5 Å². The zero-order chi connectivity index (χ0) is 25.9. The van der Waals surface area contributed by atoms with Crippen LogP contribution in [0.1, 0.15) is 16.7 Å². The number of benzene rings is 2. The van der Waals surface area contributed by atoms with E-state index in [0.717, 1.165) is 66.1 Å². The number of rotatable bonds is 4. The Balaban J connectivity index is 1.24. The maximum absolute atomic E-state index is 10.4. The third-order valence-electron chi connectivity index (χ3n) is 6.58. The van der Waals surface area contributed by atoms with Crippen molar-refractivity contribution in [1.29, 1.82) is 0 Å². The first kappa shape index (κ1) is 24.1. The second-order valence-corrected chi connectivity index (χ2v) is 9.51. The number of aromatic nitrogens is 4. The summed E-state index contributed by atoms with van der Waals surface area (Å²) < 4.78 is 7.40. The van der Waals surface area contributed by atoms with Gasteiger partial charge in [0, 0.05) is 54.1 Å². The van der Waals surface area contributed by atoms with E-state index in [9.17, 15) is 5.11 Å². The normalized spacial score (nSPS) is 13.8. The van der Waals surface area contributed by atoms with Gasteiger partial charge in [0.15, 0.2) is 4.77 Å². The largest absolute Gasteiger partial charge is 0.493 e. The molecule has 0 aliphatic carbocycles. The van der Waals surface area contributed by atoms with Gasteiger partial charge in [-0.2, -0.15) is 0 Å². The molecule has 0 radical (unpaired) electrons. The van der Waals surface area contributed by atoms with Crippen molar-refractivity contribution in [1.82, 2.24) is 24.4 Å². The predicted octanol–water partition coefficient (Wildman–Crippen LogP) is 5.08. The van der Waals surface area contributed by atoms with Crippen LogP contribution >= 0.6 is 12.2 Å². The van der Waals surface area contributed by atoms with E-state index in [1.165, 1.54) is 11.8 Å². The van der Waals surface area contributed by atoms with E-state index in [2.05, 4.69) is 51.0 Å². The summed E-state index contributed by atoms with van der Waals surface area (Å²) in [4.78, 5) is 14.3. The number of aromatic amines is 1. The number of pyridine rings is 2. The molecule has 6 rings (SSSR count). The van der Waals surface area contributed by atoms with E-state index in [-0.39, 0.29) is 5.88 Å². The zero-order valence-electron chi connectivity index (χ0n) is 20.6. The quantitative estimate of drug-likeness (QED) is 0.255. The Kier molecular flexibility index (Phi) is 6.71. The standard InChI is InChI=1S/C30H25N5O2S/c36-29-19-32-30(38)35(29)28-17-27(33-26-11-12-31-18-25(26)28)24-9-7-22(8-10-24)2-1-21-3-5-23(6-4-21)20-34-13-15-37-16-14-34/h3-12,17-19,36H,13-16,20H2,(H,32,38). The van der Waals surface area contributed by atoms with Gasteiger partial charge in [0.05, 0.1) is 36.3 Å². The number of ether oxygens (including phenoxy) is 1. The number of imidazole rings is 1. The molecule has 5 aromatic rings. The summed E-state index contributed by atoms with van der Waals surface area (Å²) in [7, 11) is 0. The third kappa shape index (κ3) is 5.08. The molecule has 0 atom stereocenters. The highest BCUT2D eigenvalue weighted by Crippen LogP contribution is 2.29. The molecule has 1 fully saturated rings. The van der Waals surface area contributed by atoms with E-state index in [1.807, 2.05) is 36.4 Å². The van der Waals surface area contributed by atoms with Crippen molar-refractivity contribution in [3.05, 3.63) is 101 Å². The minimum absolute atomic E-state index is 0.0250. The summed E-state index contributed by atoms with van der Waals surface area (Å²) >= 11 is 5.39. The number of aromatic hydroxyl groups is 1. The maximum Gasteiger partial charge on any atom is 0.214 e. The van der Waals surface area contributed by atoms with Crippen LogP contribution in [0, 0.1) is 16.6 Å². The van der Waals surface area contributed by atoms with Gasteiger partial charge in [0.25, 0.3) is 0 Å². The van der Waals surface area contributed by atoms with Crippen molar-refractivity contribution < 1.29 is 9.84 Å². The summed E-state index contributed by atoms with van der Waals surface area (Å²) in [5, 5.41) is 11.2. The fourth-order valence-corrected chi connectivity index (χ4v) is 4.81. The van der Waals surface area contributed by atoms with Crippen LogP contribution in [0.3, 0.4) is 0 Å². The number of hydrogen-bond donors (Lipinski definition) is 2. The molecule has 188 valence electrons. The minimum atomic E-state index is 0.0250. The average molecular weight is 520 g/mol. The summed E-state index contributed by atoms with van der Waals surface area (Å²) in [5.41, 5.74) is 6.35. The Hall–Kier alpha value is -4.29.